The second kappa shape index (κ2) is 4.56. The number of oxazole rings is 1. The zero-order valence-electron chi connectivity index (χ0n) is 8.40. The van der Waals surface area contributed by atoms with Gasteiger partial charge >= 0.3 is 11.8 Å². The van der Waals surface area contributed by atoms with Gasteiger partial charge in [-0.1, -0.05) is 0 Å². The molecule has 0 aliphatic rings. The fourth-order valence-electron chi connectivity index (χ4n) is 0.962. The Balaban J connectivity index is 2.60. The number of hydrazine groups is 1. The molecular weight excluding hydrogens is 200 g/mol. The van der Waals surface area contributed by atoms with E-state index < -0.39 is 17.9 Å². The number of rotatable bonds is 2. The SMILES string of the molecule is Cc1cnc(C(C)NC(=O)C(=O)NN)o1. The Bertz CT molecular complexity index is 374. The molecule has 0 radical (unpaired) electrons. The van der Waals surface area contributed by atoms with E-state index in [0.29, 0.717) is 11.7 Å². The van der Waals surface area contributed by atoms with E-state index in [4.69, 9.17) is 10.3 Å². The van der Waals surface area contributed by atoms with Crippen LogP contribution in [0.1, 0.15) is 24.6 Å². The number of hydrogen-bond donors (Lipinski definition) is 3. The Hall–Kier alpha value is -1.89. The van der Waals surface area contributed by atoms with Crippen molar-refractivity contribution in [2.45, 2.75) is 19.9 Å². The fourth-order valence-corrected chi connectivity index (χ4v) is 0.962. The third-order valence-electron chi connectivity index (χ3n) is 1.69. The second-order valence-corrected chi connectivity index (χ2v) is 2.98. The summed E-state index contributed by atoms with van der Waals surface area (Å²) in [5.41, 5.74) is 1.72. The zero-order chi connectivity index (χ0) is 11.4. The van der Waals surface area contributed by atoms with Crippen LogP contribution in [-0.2, 0) is 9.59 Å². The predicted octanol–water partition coefficient (Wildman–Crippen LogP) is -0.850. The smallest absolute Gasteiger partial charge is 0.323 e. The maximum atomic E-state index is 11.1. The summed E-state index contributed by atoms with van der Waals surface area (Å²) in [5, 5.41) is 2.37. The van der Waals surface area contributed by atoms with Gasteiger partial charge in [0, 0.05) is 0 Å². The average molecular weight is 212 g/mol. The molecule has 1 atom stereocenters. The molecule has 0 saturated heterocycles. The Morgan fingerprint density at radius 3 is 2.67 bits per heavy atom. The van der Waals surface area contributed by atoms with Crippen molar-refractivity contribution in [2.75, 3.05) is 0 Å². The van der Waals surface area contributed by atoms with Crippen molar-refractivity contribution in [1.82, 2.24) is 15.7 Å². The molecule has 2 amide bonds. The van der Waals surface area contributed by atoms with Crippen LogP contribution in [0.3, 0.4) is 0 Å². The minimum atomic E-state index is -0.912. The average Bonchev–Trinajstić information content (AvgIpc) is 2.63. The summed E-state index contributed by atoms with van der Waals surface area (Å²) in [6.07, 6.45) is 1.53. The van der Waals surface area contributed by atoms with Gasteiger partial charge < -0.3 is 9.73 Å². The monoisotopic (exact) mass is 212 g/mol. The van der Waals surface area contributed by atoms with Gasteiger partial charge in [0.1, 0.15) is 11.8 Å². The van der Waals surface area contributed by atoms with Crippen molar-refractivity contribution in [2.24, 2.45) is 5.84 Å². The number of carbonyl (C=O) groups is 2. The summed E-state index contributed by atoms with van der Waals surface area (Å²) >= 11 is 0. The summed E-state index contributed by atoms with van der Waals surface area (Å²) < 4.78 is 5.17. The predicted molar refractivity (Wildman–Crippen MR) is 50.1 cm³/mol. The molecule has 0 bridgehead atoms. The molecule has 1 aromatic heterocycles. The molecule has 0 fully saturated rings. The number of nitrogens with one attached hydrogen (secondary N) is 2. The molecule has 0 spiro atoms. The van der Waals surface area contributed by atoms with Crippen molar-refractivity contribution >= 4 is 11.8 Å². The molecule has 0 aromatic carbocycles. The standard InChI is InChI=1S/C8H12N4O3/c1-4-3-10-8(15-4)5(2)11-6(13)7(14)12-9/h3,5H,9H2,1-2H3,(H,11,13)(H,12,14). The lowest BCUT2D eigenvalue weighted by Gasteiger charge is -2.08. The van der Waals surface area contributed by atoms with Crippen LogP contribution in [0.15, 0.2) is 10.6 Å². The van der Waals surface area contributed by atoms with Crippen LogP contribution < -0.4 is 16.6 Å². The van der Waals surface area contributed by atoms with Gasteiger partial charge in [0.25, 0.3) is 0 Å². The normalized spacial score (nSPS) is 11.9. The number of aromatic nitrogens is 1. The van der Waals surface area contributed by atoms with Gasteiger partial charge in [-0.05, 0) is 13.8 Å². The van der Waals surface area contributed by atoms with Crippen LogP contribution in [-0.4, -0.2) is 16.8 Å². The van der Waals surface area contributed by atoms with Crippen molar-refractivity contribution in [3.8, 4) is 0 Å². The van der Waals surface area contributed by atoms with E-state index in [2.05, 4.69) is 10.3 Å². The molecule has 1 rings (SSSR count). The lowest BCUT2D eigenvalue weighted by molar-refractivity contribution is -0.139. The number of carbonyl (C=O) groups excluding carboxylic acids is 2. The Kier molecular flexibility index (Phi) is 3.40. The van der Waals surface area contributed by atoms with Gasteiger partial charge in [-0.3, -0.25) is 15.0 Å². The summed E-state index contributed by atoms with van der Waals surface area (Å²) in [7, 11) is 0. The summed E-state index contributed by atoms with van der Waals surface area (Å²) in [5.74, 6) is 4.02. The van der Waals surface area contributed by atoms with E-state index >= 15 is 0 Å². The van der Waals surface area contributed by atoms with Crippen LogP contribution in [0.5, 0.6) is 0 Å². The second-order valence-electron chi connectivity index (χ2n) is 2.98. The van der Waals surface area contributed by atoms with Gasteiger partial charge in [-0.25, -0.2) is 10.8 Å². The van der Waals surface area contributed by atoms with Crippen LogP contribution >= 0.6 is 0 Å². The number of aryl methyl sites for hydroxylation is 1. The van der Waals surface area contributed by atoms with Crippen LogP contribution in [0.25, 0.3) is 0 Å². The quantitative estimate of drug-likeness (QED) is 0.256. The topological polar surface area (TPSA) is 110 Å². The van der Waals surface area contributed by atoms with Crippen molar-refractivity contribution < 1.29 is 14.0 Å². The van der Waals surface area contributed by atoms with Crippen molar-refractivity contribution in [1.29, 1.82) is 0 Å². The van der Waals surface area contributed by atoms with E-state index in [9.17, 15) is 9.59 Å². The van der Waals surface area contributed by atoms with Crippen molar-refractivity contribution in [3.05, 3.63) is 17.8 Å². The van der Waals surface area contributed by atoms with E-state index in [1.54, 1.807) is 19.3 Å². The van der Waals surface area contributed by atoms with E-state index in [1.807, 2.05) is 0 Å². The molecule has 0 aliphatic carbocycles. The number of amides is 2. The molecule has 7 nitrogen and oxygen atoms in total. The first kappa shape index (κ1) is 11.2. The van der Waals surface area contributed by atoms with E-state index in [0.717, 1.165) is 0 Å². The molecule has 7 heteroatoms. The minimum Gasteiger partial charge on any atom is -0.444 e. The van der Waals surface area contributed by atoms with Gasteiger partial charge in [-0.2, -0.15) is 0 Å². The van der Waals surface area contributed by atoms with Crippen molar-refractivity contribution in [3.63, 3.8) is 0 Å². The lowest BCUT2D eigenvalue weighted by atomic mass is 10.3. The van der Waals surface area contributed by atoms with E-state index in [1.165, 1.54) is 6.20 Å². The third kappa shape index (κ3) is 2.78. The Morgan fingerprint density at radius 2 is 2.20 bits per heavy atom. The number of hydrogen-bond acceptors (Lipinski definition) is 5. The highest BCUT2D eigenvalue weighted by Crippen LogP contribution is 2.11. The van der Waals surface area contributed by atoms with Gasteiger partial charge in [-0.15, -0.1) is 0 Å². The van der Waals surface area contributed by atoms with Crippen LogP contribution in [0.2, 0.25) is 0 Å². The molecule has 0 saturated carbocycles. The summed E-state index contributed by atoms with van der Waals surface area (Å²) in [6, 6.07) is -0.483. The first-order valence-electron chi connectivity index (χ1n) is 4.28. The first-order chi connectivity index (χ1) is 7.04. The first-order valence-corrected chi connectivity index (χ1v) is 4.28. The third-order valence-corrected chi connectivity index (χ3v) is 1.69. The molecule has 82 valence electrons. The van der Waals surface area contributed by atoms with Gasteiger partial charge in [0.15, 0.2) is 0 Å². The minimum absolute atomic E-state index is 0.339. The molecule has 1 aromatic rings. The maximum Gasteiger partial charge on any atom is 0.323 e. The Morgan fingerprint density at radius 1 is 1.53 bits per heavy atom. The molecule has 1 heterocycles. The molecule has 4 N–H and O–H groups in total. The molecule has 0 aliphatic heterocycles. The van der Waals surface area contributed by atoms with E-state index in [-0.39, 0.29) is 0 Å². The summed E-state index contributed by atoms with van der Waals surface area (Å²) in [4.78, 5) is 25.8. The molecular formula is C8H12N4O3. The highest BCUT2D eigenvalue weighted by atomic mass is 16.4. The number of nitrogens with zero attached hydrogens (tertiary/aromatic N) is 1. The summed E-state index contributed by atoms with van der Waals surface area (Å²) in [6.45, 7) is 3.38. The van der Waals surface area contributed by atoms with Gasteiger partial charge in [0.05, 0.1) is 6.20 Å². The highest BCUT2D eigenvalue weighted by molar-refractivity contribution is 6.34. The number of nitrogens with two attached hydrogens (primary N) is 1. The fraction of sp³-hybridized carbons (Fsp3) is 0.375. The largest absolute Gasteiger partial charge is 0.444 e. The maximum absolute atomic E-state index is 11.1. The molecule has 15 heavy (non-hydrogen) atoms. The lowest BCUT2D eigenvalue weighted by Crippen LogP contribution is -2.43. The Labute approximate surface area is 86.0 Å². The van der Waals surface area contributed by atoms with Crippen LogP contribution in [0, 0.1) is 6.92 Å². The molecule has 1 unspecified atom stereocenters. The highest BCUT2D eigenvalue weighted by Gasteiger charge is 2.18. The van der Waals surface area contributed by atoms with Crippen LogP contribution in [0.4, 0.5) is 0 Å². The van der Waals surface area contributed by atoms with Gasteiger partial charge in [0.2, 0.25) is 5.89 Å². The zero-order valence-corrected chi connectivity index (χ0v) is 8.40.